The lowest BCUT2D eigenvalue weighted by molar-refractivity contribution is 0.552. The molecule has 0 aromatic heterocycles. The van der Waals surface area contributed by atoms with Gasteiger partial charge in [-0.1, -0.05) is 84.4 Å². The van der Waals surface area contributed by atoms with Crippen LogP contribution in [0.5, 0.6) is 0 Å². The van der Waals surface area contributed by atoms with E-state index < -0.39 is 0 Å². The minimum atomic E-state index is 0.614. The van der Waals surface area contributed by atoms with Crippen LogP contribution in [0.2, 0.25) is 0 Å². The van der Waals surface area contributed by atoms with E-state index in [2.05, 4.69) is 51.6 Å². The van der Waals surface area contributed by atoms with Gasteiger partial charge in [-0.25, -0.2) is 0 Å². The highest BCUT2D eigenvalue weighted by Gasteiger charge is 2.27. The molecule has 1 heteroatoms. The summed E-state index contributed by atoms with van der Waals surface area (Å²) >= 11 is 2.02. The fraction of sp³-hybridized carbons (Fsp3) is 0.545. The summed E-state index contributed by atoms with van der Waals surface area (Å²) in [5.74, 6) is 2.45. The highest BCUT2D eigenvalue weighted by Crippen LogP contribution is 2.43. The monoisotopic (exact) mass is 332 g/mol. The minimum absolute atomic E-state index is 0.614. The van der Waals surface area contributed by atoms with Crippen molar-refractivity contribution in [3.8, 4) is 0 Å². The van der Waals surface area contributed by atoms with Gasteiger partial charge < -0.3 is 0 Å². The van der Waals surface area contributed by atoms with Crippen molar-refractivity contribution < 1.29 is 0 Å². The van der Waals surface area contributed by atoms with Crippen molar-refractivity contribution in [2.24, 2.45) is 5.92 Å². The summed E-state index contributed by atoms with van der Waals surface area (Å²) in [6.45, 7) is 18.7. The lowest BCUT2D eigenvalue weighted by Crippen LogP contribution is -2.19. The average Bonchev–Trinajstić information content (AvgIpc) is 2.59. The van der Waals surface area contributed by atoms with E-state index in [1.807, 2.05) is 45.5 Å². The summed E-state index contributed by atoms with van der Waals surface area (Å²) in [7, 11) is 0. The zero-order valence-electron chi connectivity index (χ0n) is 16.3. The first-order valence-corrected chi connectivity index (χ1v) is 10.2. The SMILES string of the molecule is C=C/C=C(\C)C1CSc2cc(CCC)ccc2C1C.CC.CC. The lowest BCUT2D eigenvalue weighted by atomic mass is 9.83. The van der Waals surface area contributed by atoms with E-state index in [4.69, 9.17) is 0 Å². The molecule has 1 aromatic carbocycles. The van der Waals surface area contributed by atoms with Gasteiger partial charge in [-0.15, -0.1) is 11.8 Å². The molecule has 2 atom stereocenters. The molecule has 0 spiro atoms. The van der Waals surface area contributed by atoms with Crippen LogP contribution in [-0.4, -0.2) is 5.75 Å². The molecule has 2 rings (SSSR count). The smallest absolute Gasteiger partial charge is 0.0110 e. The topological polar surface area (TPSA) is 0 Å². The van der Waals surface area contributed by atoms with Gasteiger partial charge in [0.05, 0.1) is 0 Å². The van der Waals surface area contributed by atoms with Crippen LogP contribution in [0.3, 0.4) is 0 Å². The molecule has 130 valence electrons. The molecule has 1 heterocycles. The highest BCUT2D eigenvalue weighted by atomic mass is 32.2. The molecule has 0 nitrogen and oxygen atoms in total. The van der Waals surface area contributed by atoms with Crippen LogP contribution in [0.1, 0.15) is 71.9 Å². The fourth-order valence-electron chi connectivity index (χ4n) is 2.90. The number of hydrogen-bond donors (Lipinski definition) is 0. The summed E-state index contributed by atoms with van der Waals surface area (Å²) in [5.41, 5.74) is 4.47. The minimum Gasteiger partial charge on any atom is -0.125 e. The Morgan fingerprint density at radius 2 is 1.91 bits per heavy atom. The Bertz CT molecular complexity index is 485. The maximum atomic E-state index is 3.81. The zero-order valence-corrected chi connectivity index (χ0v) is 17.1. The van der Waals surface area contributed by atoms with Gasteiger partial charge in [0.15, 0.2) is 0 Å². The van der Waals surface area contributed by atoms with E-state index >= 15 is 0 Å². The third-order valence-electron chi connectivity index (χ3n) is 4.09. The van der Waals surface area contributed by atoms with E-state index in [1.54, 1.807) is 0 Å². The van der Waals surface area contributed by atoms with Gasteiger partial charge >= 0.3 is 0 Å². The third-order valence-corrected chi connectivity index (χ3v) is 5.29. The van der Waals surface area contributed by atoms with Gasteiger partial charge in [0.25, 0.3) is 0 Å². The van der Waals surface area contributed by atoms with E-state index in [0.29, 0.717) is 11.8 Å². The first kappa shape index (κ1) is 22.1. The Morgan fingerprint density at radius 1 is 1.26 bits per heavy atom. The maximum absolute atomic E-state index is 3.81. The first-order chi connectivity index (χ1) is 11.2. The highest BCUT2D eigenvalue weighted by molar-refractivity contribution is 7.99. The number of benzene rings is 1. The second-order valence-electron chi connectivity index (χ2n) is 5.47. The number of hydrogen-bond acceptors (Lipinski definition) is 1. The zero-order chi connectivity index (χ0) is 17.8. The second-order valence-corrected chi connectivity index (χ2v) is 6.54. The van der Waals surface area contributed by atoms with Crippen molar-refractivity contribution in [1.29, 1.82) is 0 Å². The van der Waals surface area contributed by atoms with Crippen molar-refractivity contribution in [2.75, 3.05) is 5.75 Å². The van der Waals surface area contributed by atoms with Crippen molar-refractivity contribution in [2.45, 2.75) is 72.1 Å². The molecule has 0 amide bonds. The maximum Gasteiger partial charge on any atom is 0.0110 e. The number of thioether (sulfide) groups is 1. The quantitative estimate of drug-likeness (QED) is 0.510. The van der Waals surface area contributed by atoms with Gasteiger partial charge in [0, 0.05) is 10.6 Å². The molecule has 1 aliphatic heterocycles. The predicted octanol–water partition coefficient (Wildman–Crippen LogP) is 7.65. The molecule has 0 N–H and O–H groups in total. The Hall–Kier alpha value is -0.950. The van der Waals surface area contributed by atoms with E-state index in [-0.39, 0.29) is 0 Å². The Labute approximate surface area is 149 Å². The molecule has 0 radical (unpaired) electrons. The molecular formula is C22H36S. The van der Waals surface area contributed by atoms with Crippen LogP contribution in [0.15, 0.2) is 47.4 Å². The van der Waals surface area contributed by atoms with Crippen molar-refractivity contribution in [3.05, 3.63) is 53.6 Å². The van der Waals surface area contributed by atoms with Crippen LogP contribution in [0.25, 0.3) is 0 Å². The Morgan fingerprint density at radius 3 is 2.48 bits per heavy atom. The summed E-state index contributed by atoms with van der Waals surface area (Å²) in [6, 6.07) is 7.07. The van der Waals surface area contributed by atoms with E-state index in [1.165, 1.54) is 40.2 Å². The Kier molecular flexibility index (Phi) is 12.0. The van der Waals surface area contributed by atoms with Gasteiger partial charge in [-0.05, 0) is 42.4 Å². The van der Waals surface area contributed by atoms with Gasteiger partial charge in [0.1, 0.15) is 0 Å². The molecule has 23 heavy (non-hydrogen) atoms. The van der Waals surface area contributed by atoms with Crippen LogP contribution in [0.4, 0.5) is 0 Å². The molecule has 1 aromatic rings. The largest absolute Gasteiger partial charge is 0.125 e. The Balaban J connectivity index is 0.00000112. The predicted molar refractivity (Wildman–Crippen MR) is 110 cm³/mol. The van der Waals surface area contributed by atoms with Crippen LogP contribution < -0.4 is 0 Å². The fourth-order valence-corrected chi connectivity index (χ4v) is 4.47. The second kappa shape index (κ2) is 12.5. The number of aryl methyl sites for hydroxylation is 1. The number of fused-ring (bicyclic) bond motifs is 1. The standard InChI is InChI=1S/C18H24S.2C2H6/c1-5-7-13(3)17-12-19-18-11-15(8-6-2)9-10-16(18)14(17)4;2*1-2/h5,7,9-11,14,17H,1,6,8,12H2,2-4H3;2*1-2H3/b13-7+;;. The van der Waals surface area contributed by atoms with Crippen molar-refractivity contribution >= 4 is 11.8 Å². The summed E-state index contributed by atoms with van der Waals surface area (Å²) in [6.07, 6.45) is 6.49. The van der Waals surface area contributed by atoms with E-state index in [0.717, 1.165) is 0 Å². The molecule has 0 saturated heterocycles. The average molecular weight is 333 g/mol. The number of allylic oxidation sites excluding steroid dienone is 3. The van der Waals surface area contributed by atoms with Crippen molar-refractivity contribution in [3.63, 3.8) is 0 Å². The molecule has 0 bridgehead atoms. The lowest BCUT2D eigenvalue weighted by Gasteiger charge is -2.32. The molecule has 2 unspecified atom stereocenters. The van der Waals surface area contributed by atoms with Crippen LogP contribution in [-0.2, 0) is 6.42 Å². The van der Waals surface area contributed by atoms with E-state index in [9.17, 15) is 0 Å². The molecule has 0 aliphatic carbocycles. The van der Waals surface area contributed by atoms with Crippen LogP contribution >= 0.6 is 11.8 Å². The molecule has 1 aliphatic rings. The van der Waals surface area contributed by atoms with Gasteiger partial charge in [-0.2, -0.15) is 0 Å². The summed E-state index contributed by atoms with van der Waals surface area (Å²) in [5, 5.41) is 0. The third kappa shape index (κ3) is 6.22. The molecule has 0 saturated carbocycles. The number of rotatable bonds is 4. The van der Waals surface area contributed by atoms with Crippen LogP contribution in [0, 0.1) is 5.92 Å². The van der Waals surface area contributed by atoms with Crippen molar-refractivity contribution in [1.82, 2.24) is 0 Å². The molecular weight excluding hydrogens is 296 g/mol. The summed E-state index contributed by atoms with van der Waals surface area (Å²) < 4.78 is 0. The first-order valence-electron chi connectivity index (χ1n) is 9.22. The summed E-state index contributed by atoms with van der Waals surface area (Å²) in [4.78, 5) is 1.50. The normalized spacial score (nSPS) is 19.5. The van der Waals surface area contributed by atoms with Gasteiger partial charge in [0.2, 0.25) is 0 Å². The van der Waals surface area contributed by atoms with Gasteiger partial charge in [-0.3, -0.25) is 0 Å². The molecule has 0 fully saturated rings.